The highest BCUT2D eigenvalue weighted by Crippen LogP contribution is 2.32. The van der Waals surface area contributed by atoms with E-state index >= 15 is 0 Å². The number of benzene rings is 1. The first-order valence-corrected chi connectivity index (χ1v) is 4.35. The van der Waals surface area contributed by atoms with Gasteiger partial charge < -0.3 is 10.5 Å². The second-order valence-electron chi connectivity index (χ2n) is 3.24. The predicted octanol–water partition coefficient (Wildman–Crippen LogP) is 2.40. The Kier molecular flexibility index (Phi) is 3.24. The van der Waals surface area contributed by atoms with Crippen molar-refractivity contribution in [1.29, 1.82) is 0 Å². The summed E-state index contributed by atoms with van der Waals surface area (Å²) in [6, 6.07) is 1.92. The van der Waals surface area contributed by atoms with E-state index in [0.717, 1.165) is 12.1 Å². The Labute approximate surface area is 85.8 Å². The third-order valence-corrected chi connectivity index (χ3v) is 2.05. The van der Waals surface area contributed by atoms with Gasteiger partial charge in [-0.1, -0.05) is 0 Å². The van der Waals surface area contributed by atoms with Gasteiger partial charge in [0.2, 0.25) is 0 Å². The molecule has 0 saturated carbocycles. The Hall–Kier alpha value is -1.23. The lowest BCUT2D eigenvalue weighted by Gasteiger charge is -2.14. The third kappa shape index (κ3) is 2.41. The number of methoxy groups -OCH3 is 1. The number of hydrogen-bond acceptors (Lipinski definition) is 2. The van der Waals surface area contributed by atoms with Crippen molar-refractivity contribution < 1.29 is 17.9 Å². The molecule has 2 nitrogen and oxygen atoms in total. The largest absolute Gasteiger partial charge is 0.493 e. The van der Waals surface area contributed by atoms with Gasteiger partial charge in [-0.15, -0.1) is 0 Å². The molecule has 0 spiro atoms. The summed E-state index contributed by atoms with van der Waals surface area (Å²) in [5, 5.41) is 0. The Morgan fingerprint density at radius 3 is 2.40 bits per heavy atom. The zero-order chi connectivity index (χ0) is 11.6. The maximum Gasteiger partial charge on any atom is 0.270 e. The van der Waals surface area contributed by atoms with Crippen molar-refractivity contribution in [3.8, 4) is 5.75 Å². The van der Waals surface area contributed by atoms with E-state index in [1.165, 1.54) is 7.11 Å². The monoisotopic (exact) mass is 219 g/mol. The van der Waals surface area contributed by atoms with Gasteiger partial charge in [0.15, 0.2) is 11.6 Å². The molecule has 15 heavy (non-hydrogen) atoms. The lowest BCUT2D eigenvalue weighted by atomic mass is 10.0. The van der Waals surface area contributed by atoms with Crippen molar-refractivity contribution in [2.24, 2.45) is 5.73 Å². The molecular formula is C10H12F3NO. The molecule has 0 saturated heterocycles. The molecule has 0 amide bonds. The fourth-order valence-electron chi connectivity index (χ4n) is 1.28. The van der Waals surface area contributed by atoms with Crippen LogP contribution in [0.15, 0.2) is 12.1 Å². The van der Waals surface area contributed by atoms with Gasteiger partial charge in [0, 0.05) is 24.6 Å². The average Bonchev–Trinajstić information content (AvgIpc) is 2.15. The van der Waals surface area contributed by atoms with E-state index in [0.29, 0.717) is 6.92 Å². The number of ether oxygens (including phenoxy) is 1. The van der Waals surface area contributed by atoms with Crippen molar-refractivity contribution in [3.05, 3.63) is 29.1 Å². The van der Waals surface area contributed by atoms with Crippen LogP contribution in [0.3, 0.4) is 0 Å². The van der Waals surface area contributed by atoms with E-state index in [1.807, 2.05) is 0 Å². The van der Waals surface area contributed by atoms with Gasteiger partial charge in [-0.3, -0.25) is 0 Å². The maximum absolute atomic E-state index is 13.3. The molecule has 0 aliphatic heterocycles. The summed E-state index contributed by atoms with van der Waals surface area (Å²) >= 11 is 0. The Morgan fingerprint density at radius 2 is 2.00 bits per heavy atom. The molecule has 0 aliphatic carbocycles. The van der Waals surface area contributed by atoms with E-state index in [9.17, 15) is 13.2 Å². The van der Waals surface area contributed by atoms with E-state index in [2.05, 4.69) is 0 Å². The van der Waals surface area contributed by atoms with Crippen LogP contribution in [0.5, 0.6) is 5.75 Å². The fraction of sp³-hybridized carbons (Fsp3) is 0.400. The van der Waals surface area contributed by atoms with Crippen LogP contribution in [0.2, 0.25) is 0 Å². The van der Waals surface area contributed by atoms with Crippen molar-refractivity contribution in [3.63, 3.8) is 0 Å². The summed E-state index contributed by atoms with van der Waals surface area (Å²) in [7, 11) is 1.27. The van der Waals surface area contributed by atoms with Crippen LogP contribution in [0.1, 0.15) is 18.1 Å². The number of halogens is 3. The van der Waals surface area contributed by atoms with Crippen LogP contribution in [-0.4, -0.2) is 7.11 Å². The molecule has 0 bridgehead atoms. The van der Waals surface area contributed by atoms with Gasteiger partial charge in [0.1, 0.15) is 0 Å². The van der Waals surface area contributed by atoms with E-state index in [1.54, 1.807) is 0 Å². The van der Waals surface area contributed by atoms with Crippen LogP contribution in [0.25, 0.3) is 0 Å². The molecular weight excluding hydrogens is 207 g/mol. The molecule has 0 aliphatic rings. The highest BCUT2D eigenvalue weighted by atomic mass is 19.3. The van der Waals surface area contributed by atoms with Gasteiger partial charge >= 0.3 is 0 Å². The zero-order valence-electron chi connectivity index (χ0n) is 8.48. The lowest BCUT2D eigenvalue weighted by molar-refractivity contribution is 0.0170. The number of hydrogen-bond donors (Lipinski definition) is 1. The third-order valence-electron chi connectivity index (χ3n) is 2.05. The molecule has 0 atom stereocenters. The van der Waals surface area contributed by atoms with Gasteiger partial charge in [-0.25, -0.2) is 13.2 Å². The quantitative estimate of drug-likeness (QED) is 0.847. The summed E-state index contributed by atoms with van der Waals surface area (Å²) in [5.41, 5.74) is 5.14. The van der Waals surface area contributed by atoms with Gasteiger partial charge in [0.05, 0.1) is 7.11 Å². The molecule has 0 heterocycles. The van der Waals surface area contributed by atoms with E-state index in [4.69, 9.17) is 10.5 Å². The normalized spacial score (nSPS) is 11.6. The standard InChI is InChI=1S/C10H12F3NO/c1-10(12,13)7-3-6(5-14)9(15-2)8(11)4-7/h3-4H,5,14H2,1-2H3. The van der Waals surface area contributed by atoms with Crippen LogP contribution < -0.4 is 10.5 Å². The summed E-state index contributed by atoms with van der Waals surface area (Å²) in [6.07, 6.45) is 0. The highest BCUT2D eigenvalue weighted by molar-refractivity contribution is 5.40. The summed E-state index contributed by atoms with van der Waals surface area (Å²) in [5.74, 6) is -3.99. The summed E-state index contributed by atoms with van der Waals surface area (Å²) in [4.78, 5) is 0. The predicted molar refractivity (Wildman–Crippen MR) is 50.4 cm³/mol. The minimum atomic E-state index is -3.09. The summed E-state index contributed by atoms with van der Waals surface area (Å²) in [6.45, 7) is 0.651. The second-order valence-corrected chi connectivity index (χ2v) is 3.24. The topological polar surface area (TPSA) is 35.2 Å². The first-order valence-electron chi connectivity index (χ1n) is 4.35. The SMILES string of the molecule is COc1c(F)cc(C(C)(F)F)cc1CN. The molecule has 0 fully saturated rings. The first kappa shape index (κ1) is 11.8. The summed E-state index contributed by atoms with van der Waals surface area (Å²) < 4.78 is 43.9. The second kappa shape index (κ2) is 4.10. The molecule has 84 valence electrons. The van der Waals surface area contributed by atoms with Crippen LogP contribution in [0.4, 0.5) is 13.2 Å². The molecule has 1 aromatic rings. The fourth-order valence-corrected chi connectivity index (χ4v) is 1.28. The Bertz CT molecular complexity index is 360. The molecule has 5 heteroatoms. The van der Waals surface area contributed by atoms with Crippen molar-refractivity contribution in [2.75, 3.05) is 7.11 Å². The minimum Gasteiger partial charge on any atom is -0.493 e. The average molecular weight is 219 g/mol. The molecule has 2 N–H and O–H groups in total. The van der Waals surface area contributed by atoms with Gasteiger partial charge in [0.25, 0.3) is 5.92 Å². The van der Waals surface area contributed by atoms with Crippen LogP contribution >= 0.6 is 0 Å². The number of alkyl halides is 2. The smallest absolute Gasteiger partial charge is 0.270 e. The highest BCUT2D eigenvalue weighted by Gasteiger charge is 2.27. The molecule has 0 unspecified atom stereocenters. The molecule has 0 radical (unpaired) electrons. The van der Waals surface area contributed by atoms with Crippen molar-refractivity contribution >= 4 is 0 Å². The number of rotatable bonds is 3. The Balaban J connectivity index is 3.32. The minimum absolute atomic E-state index is 0.0516. The lowest BCUT2D eigenvalue weighted by Crippen LogP contribution is -2.11. The molecule has 1 aromatic carbocycles. The van der Waals surface area contributed by atoms with Crippen molar-refractivity contribution in [1.82, 2.24) is 0 Å². The molecule has 0 aromatic heterocycles. The van der Waals surface area contributed by atoms with Gasteiger partial charge in [-0.2, -0.15) is 0 Å². The first-order chi connectivity index (χ1) is 6.90. The van der Waals surface area contributed by atoms with E-state index < -0.39 is 17.3 Å². The van der Waals surface area contributed by atoms with E-state index in [-0.39, 0.29) is 17.9 Å². The number of nitrogens with two attached hydrogens (primary N) is 1. The van der Waals surface area contributed by atoms with Crippen molar-refractivity contribution in [2.45, 2.75) is 19.4 Å². The van der Waals surface area contributed by atoms with Crippen LogP contribution in [-0.2, 0) is 12.5 Å². The molecule has 1 rings (SSSR count). The van der Waals surface area contributed by atoms with Crippen LogP contribution in [0, 0.1) is 5.82 Å². The zero-order valence-corrected chi connectivity index (χ0v) is 8.48. The Morgan fingerprint density at radius 1 is 1.40 bits per heavy atom. The van der Waals surface area contributed by atoms with Gasteiger partial charge in [-0.05, 0) is 12.1 Å². The maximum atomic E-state index is 13.3.